The number of carbonyl (C=O) groups is 1. The number of para-hydroxylation sites is 1. The second-order valence-electron chi connectivity index (χ2n) is 5.01. The van der Waals surface area contributed by atoms with Crippen LogP contribution < -0.4 is 5.19 Å². The minimum absolute atomic E-state index is 0.312. The van der Waals surface area contributed by atoms with Crippen LogP contribution in [0.1, 0.15) is 16.1 Å². The predicted molar refractivity (Wildman–Crippen MR) is 84.0 cm³/mol. The Hall–Kier alpha value is -2.40. The smallest absolute Gasteiger partial charge is 0.352 e. The minimum Gasteiger partial charge on any atom is -0.477 e. The molecule has 0 saturated heterocycles. The van der Waals surface area contributed by atoms with E-state index in [0.717, 1.165) is 21.7 Å². The number of aromatic nitrogens is 1. The molecule has 0 aliphatic rings. The number of hydrogen-bond donors (Lipinski definition) is 1. The molecule has 0 fully saturated rings. The zero-order chi connectivity index (χ0) is 15.0. The molecule has 0 radical (unpaired) electrons. The van der Waals surface area contributed by atoms with E-state index in [-0.39, 0.29) is 5.82 Å². The first-order chi connectivity index (χ1) is 10.1. The van der Waals surface area contributed by atoms with Crippen LogP contribution in [0.15, 0.2) is 48.5 Å². The highest BCUT2D eigenvalue weighted by Crippen LogP contribution is 2.19. The van der Waals surface area contributed by atoms with Gasteiger partial charge in [-0.25, -0.2) is 9.18 Å². The Bertz CT molecular complexity index is 841. The van der Waals surface area contributed by atoms with Crippen molar-refractivity contribution in [2.75, 3.05) is 0 Å². The molecule has 21 heavy (non-hydrogen) atoms. The van der Waals surface area contributed by atoms with Crippen molar-refractivity contribution in [1.29, 1.82) is 0 Å². The van der Waals surface area contributed by atoms with E-state index in [1.807, 2.05) is 24.3 Å². The van der Waals surface area contributed by atoms with E-state index >= 15 is 0 Å². The molecule has 106 valence electrons. The summed E-state index contributed by atoms with van der Waals surface area (Å²) in [6, 6.07) is 13.9. The summed E-state index contributed by atoms with van der Waals surface area (Å²) in [7, 11) is 0.647. The van der Waals surface area contributed by atoms with Crippen molar-refractivity contribution in [3.63, 3.8) is 0 Å². The lowest BCUT2D eigenvalue weighted by atomic mass is 10.2. The van der Waals surface area contributed by atoms with Gasteiger partial charge in [0.25, 0.3) is 0 Å². The van der Waals surface area contributed by atoms with E-state index < -0.39 is 5.97 Å². The first-order valence-corrected chi connectivity index (χ1v) is 7.63. The van der Waals surface area contributed by atoms with Crippen molar-refractivity contribution in [2.24, 2.45) is 0 Å². The Balaban J connectivity index is 2.21. The molecule has 1 heterocycles. The van der Waals surface area contributed by atoms with Gasteiger partial charge in [0.15, 0.2) is 0 Å². The molecule has 0 amide bonds. The molecule has 0 saturated carbocycles. The molecule has 0 aliphatic heterocycles. The lowest BCUT2D eigenvalue weighted by Gasteiger charge is -2.09. The van der Waals surface area contributed by atoms with E-state index in [2.05, 4.69) is 0 Å². The third-order valence-electron chi connectivity index (χ3n) is 3.66. The van der Waals surface area contributed by atoms with Crippen molar-refractivity contribution in [2.45, 2.75) is 6.54 Å². The van der Waals surface area contributed by atoms with Gasteiger partial charge in [-0.2, -0.15) is 0 Å². The van der Waals surface area contributed by atoms with E-state index in [0.29, 0.717) is 22.5 Å². The summed E-state index contributed by atoms with van der Waals surface area (Å²) in [4.78, 5) is 11.6. The summed E-state index contributed by atoms with van der Waals surface area (Å²) >= 11 is 0. The Labute approximate surface area is 124 Å². The fraction of sp³-hybridized carbons (Fsp3) is 0.0625. The Morgan fingerprint density at radius 1 is 1.19 bits per heavy atom. The van der Waals surface area contributed by atoms with Crippen molar-refractivity contribution >= 4 is 32.3 Å². The van der Waals surface area contributed by atoms with Gasteiger partial charge in [-0.1, -0.05) is 30.3 Å². The standard InChI is InChI=1S/C16H14FNO2Si/c17-11-5-3-4-10(8-11)9-18-13-7-2-1-6-12(13)15(21)14(18)16(19)20/h1-8H,9H2,21H3,(H,19,20). The Morgan fingerprint density at radius 3 is 2.67 bits per heavy atom. The fourth-order valence-corrected chi connectivity index (χ4v) is 3.64. The molecule has 0 spiro atoms. The van der Waals surface area contributed by atoms with Crippen molar-refractivity contribution < 1.29 is 14.3 Å². The van der Waals surface area contributed by atoms with Crippen molar-refractivity contribution in [3.05, 3.63) is 65.6 Å². The van der Waals surface area contributed by atoms with Crippen LogP contribution in [0.25, 0.3) is 10.9 Å². The van der Waals surface area contributed by atoms with Crippen LogP contribution in [-0.4, -0.2) is 25.9 Å². The third kappa shape index (κ3) is 2.36. The maximum atomic E-state index is 13.3. The van der Waals surface area contributed by atoms with Gasteiger partial charge in [-0.3, -0.25) is 0 Å². The summed E-state index contributed by atoms with van der Waals surface area (Å²) in [6.07, 6.45) is 0. The maximum Gasteiger partial charge on any atom is 0.352 e. The number of benzene rings is 2. The molecule has 0 bridgehead atoms. The van der Waals surface area contributed by atoms with Gasteiger partial charge >= 0.3 is 5.97 Å². The summed E-state index contributed by atoms with van der Waals surface area (Å²) in [5, 5.41) is 11.3. The lowest BCUT2D eigenvalue weighted by molar-refractivity contribution is 0.0688. The zero-order valence-electron chi connectivity index (χ0n) is 11.5. The molecule has 5 heteroatoms. The Kier molecular flexibility index (Phi) is 3.35. The van der Waals surface area contributed by atoms with Crippen molar-refractivity contribution in [3.8, 4) is 0 Å². The van der Waals surface area contributed by atoms with Crippen molar-refractivity contribution in [1.82, 2.24) is 4.57 Å². The highest BCUT2D eigenvalue weighted by Gasteiger charge is 2.19. The first kappa shape index (κ1) is 13.6. The number of aromatic carboxylic acids is 1. The van der Waals surface area contributed by atoms with Crippen LogP contribution in [-0.2, 0) is 6.54 Å². The molecule has 0 aliphatic carbocycles. The minimum atomic E-state index is -0.937. The average molecular weight is 299 g/mol. The molecule has 3 nitrogen and oxygen atoms in total. The van der Waals surface area contributed by atoms with Crippen LogP contribution >= 0.6 is 0 Å². The van der Waals surface area contributed by atoms with Crippen LogP contribution in [0, 0.1) is 5.82 Å². The molecule has 3 rings (SSSR count). The number of carboxylic acid groups (broad SMARTS) is 1. The molecule has 3 aromatic rings. The quantitative estimate of drug-likeness (QED) is 0.745. The summed E-state index contributed by atoms with van der Waals surface area (Å²) in [6.45, 7) is 0.349. The number of nitrogens with zero attached hydrogens (tertiary/aromatic N) is 1. The van der Waals surface area contributed by atoms with Crippen LogP contribution in [0.3, 0.4) is 0 Å². The molecular formula is C16H14FNO2Si. The van der Waals surface area contributed by atoms with Crippen LogP contribution in [0.2, 0.25) is 0 Å². The maximum absolute atomic E-state index is 13.3. The monoisotopic (exact) mass is 299 g/mol. The highest BCUT2D eigenvalue weighted by molar-refractivity contribution is 6.42. The number of carboxylic acids is 1. The van der Waals surface area contributed by atoms with Gasteiger partial charge in [0, 0.05) is 22.3 Å². The summed E-state index contributed by atoms with van der Waals surface area (Å²) < 4.78 is 15.1. The number of rotatable bonds is 3. The lowest BCUT2D eigenvalue weighted by Crippen LogP contribution is -2.18. The molecular weight excluding hydrogens is 285 g/mol. The second kappa shape index (κ2) is 5.18. The van der Waals surface area contributed by atoms with Gasteiger partial charge in [-0.15, -0.1) is 0 Å². The molecule has 1 N–H and O–H groups in total. The highest BCUT2D eigenvalue weighted by atomic mass is 28.1. The van der Waals surface area contributed by atoms with Gasteiger partial charge in [-0.05, 0) is 34.3 Å². The molecule has 0 unspecified atom stereocenters. The topological polar surface area (TPSA) is 42.2 Å². The molecule has 0 atom stereocenters. The SMILES string of the molecule is O=C(O)c1c([SiH3])c2ccccc2n1Cc1cccc(F)c1. The molecule has 2 aromatic carbocycles. The van der Waals surface area contributed by atoms with Gasteiger partial charge < -0.3 is 9.67 Å². The number of hydrogen-bond acceptors (Lipinski definition) is 1. The van der Waals surface area contributed by atoms with E-state index in [1.54, 1.807) is 16.7 Å². The van der Waals surface area contributed by atoms with Crippen LogP contribution in [0.4, 0.5) is 4.39 Å². The van der Waals surface area contributed by atoms with Gasteiger partial charge in [0.05, 0.1) is 0 Å². The fourth-order valence-electron chi connectivity index (χ4n) is 2.73. The summed E-state index contributed by atoms with van der Waals surface area (Å²) in [5.41, 5.74) is 1.94. The zero-order valence-corrected chi connectivity index (χ0v) is 13.5. The third-order valence-corrected chi connectivity index (χ3v) is 4.67. The van der Waals surface area contributed by atoms with E-state index in [4.69, 9.17) is 0 Å². The average Bonchev–Trinajstić information content (AvgIpc) is 2.73. The second-order valence-corrected chi connectivity index (χ2v) is 6.01. The Morgan fingerprint density at radius 2 is 1.95 bits per heavy atom. The normalized spacial score (nSPS) is 11.1. The molecule has 1 aromatic heterocycles. The number of halogens is 1. The van der Waals surface area contributed by atoms with Crippen LogP contribution in [0.5, 0.6) is 0 Å². The van der Waals surface area contributed by atoms with Gasteiger partial charge in [0.2, 0.25) is 0 Å². The van der Waals surface area contributed by atoms with Gasteiger partial charge in [0.1, 0.15) is 11.5 Å². The predicted octanol–water partition coefficient (Wildman–Crippen LogP) is 1.52. The van der Waals surface area contributed by atoms with E-state index in [9.17, 15) is 14.3 Å². The van der Waals surface area contributed by atoms with E-state index in [1.165, 1.54) is 12.1 Å². The largest absolute Gasteiger partial charge is 0.477 e. The summed E-state index contributed by atoms with van der Waals surface area (Å²) in [5.74, 6) is -1.25. The first-order valence-electron chi connectivity index (χ1n) is 6.63. The number of fused-ring (bicyclic) bond motifs is 1.